The third kappa shape index (κ3) is 2.08. The van der Waals surface area contributed by atoms with Crippen molar-refractivity contribution in [2.45, 2.75) is 44.7 Å². The molecule has 3 saturated carbocycles. The highest BCUT2D eigenvalue weighted by Crippen LogP contribution is 2.58. The molecule has 3 aliphatic rings. The number of nitrogens with one attached hydrogen (secondary N) is 1. The van der Waals surface area contributed by atoms with Gasteiger partial charge in [-0.1, -0.05) is 24.1 Å². The maximum atomic E-state index is 13.4. The average molecular weight is 294 g/mol. The topological polar surface area (TPSA) is 12.0 Å². The fourth-order valence-corrected chi connectivity index (χ4v) is 5.32. The number of hydrogen-bond acceptors (Lipinski definition) is 1. The van der Waals surface area contributed by atoms with Crippen LogP contribution in [0.3, 0.4) is 0 Å². The predicted octanol–water partition coefficient (Wildman–Crippen LogP) is 4.39. The van der Waals surface area contributed by atoms with Gasteiger partial charge < -0.3 is 5.32 Å². The van der Waals surface area contributed by atoms with Gasteiger partial charge in [0.1, 0.15) is 5.82 Å². The summed E-state index contributed by atoms with van der Waals surface area (Å²) in [4.78, 5) is 0. The van der Waals surface area contributed by atoms with E-state index in [-0.39, 0.29) is 10.8 Å². The summed E-state index contributed by atoms with van der Waals surface area (Å²) in [5.74, 6) is 3.55. The summed E-state index contributed by atoms with van der Waals surface area (Å²) in [6.45, 7) is 0.763. The van der Waals surface area contributed by atoms with Crippen molar-refractivity contribution < 1.29 is 4.39 Å². The van der Waals surface area contributed by atoms with Gasteiger partial charge in [0.2, 0.25) is 0 Å². The SMILES string of the molecule is Fc1cc(CNC2CC3CC2C2CCCC32)ccc1Cl. The molecule has 3 fully saturated rings. The molecule has 2 bridgehead atoms. The quantitative estimate of drug-likeness (QED) is 0.871. The smallest absolute Gasteiger partial charge is 0.142 e. The van der Waals surface area contributed by atoms with E-state index in [1.165, 1.54) is 32.1 Å². The number of halogens is 2. The Balaban J connectivity index is 1.40. The van der Waals surface area contributed by atoms with E-state index < -0.39 is 0 Å². The molecule has 0 aliphatic heterocycles. The zero-order chi connectivity index (χ0) is 13.7. The van der Waals surface area contributed by atoms with E-state index in [1.807, 2.05) is 6.07 Å². The second-order valence-electron chi connectivity index (χ2n) is 6.89. The summed E-state index contributed by atoms with van der Waals surface area (Å²) in [5, 5.41) is 3.89. The van der Waals surface area contributed by atoms with Crippen molar-refractivity contribution in [3.05, 3.63) is 34.6 Å². The van der Waals surface area contributed by atoms with Crippen LogP contribution in [0.2, 0.25) is 5.02 Å². The molecule has 20 heavy (non-hydrogen) atoms. The molecule has 1 nitrogen and oxygen atoms in total. The Labute approximate surface area is 124 Å². The van der Waals surface area contributed by atoms with E-state index in [0.29, 0.717) is 6.04 Å². The van der Waals surface area contributed by atoms with Crippen LogP contribution >= 0.6 is 11.6 Å². The van der Waals surface area contributed by atoms with Crippen LogP contribution in [0.4, 0.5) is 4.39 Å². The van der Waals surface area contributed by atoms with Crippen molar-refractivity contribution in [1.82, 2.24) is 5.32 Å². The molecule has 1 aromatic rings. The molecule has 108 valence electrons. The first-order valence-electron chi connectivity index (χ1n) is 7.89. The van der Waals surface area contributed by atoms with Crippen molar-refractivity contribution >= 4 is 11.6 Å². The Morgan fingerprint density at radius 1 is 1.15 bits per heavy atom. The summed E-state index contributed by atoms with van der Waals surface area (Å²) in [5.41, 5.74) is 0.998. The first-order valence-corrected chi connectivity index (χ1v) is 8.27. The normalized spacial score (nSPS) is 38.4. The largest absolute Gasteiger partial charge is 0.310 e. The van der Waals surface area contributed by atoms with E-state index in [9.17, 15) is 4.39 Å². The van der Waals surface area contributed by atoms with E-state index in [4.69, 9.17) is 11.6 Å². The summed E-state index contributed by atoms with van der Waals surface area (Å²) >= 11 is 5.72. The highest BCUT2D eigenvalue weighted by Gasteiger charge is 2.53. The molecule has 0 aromatic heterocycles. The molecular formula is C17H21ClFN. The summed E-state index contributed by atoms with van der Waals surface area (Å²) in [6.07, 6.45) is 7.13. The number of benzene rings is 1. The van der Waals surface area contributed by atoms with E-state index in [1.54, 1.807) is 12.1 Å². The molecule has 0 saturated heterocycles. The zero-order valence-electron chi connectivity index (χ0n) is 11.6. The number of rotatable bonds is 3. The Hall–Kier alpha value is -0.600. The Kier molecular flexibility index (Phi) is 3.27. The van der Waals surface area contributed by atoms with Gasteiger partial charge in [0, 0.05) is 12.6 Å². The minimum absolute atomic E-state index is 0.211. The van der Waals surface area contributed by atoms with Crippen LogP contribution in [0.25, 0.3) is 0 Å². The van der Waals surface area contributed by atoms with Crippen molar-refractivity contribution in [3.63, 3.8) is 0 Å². The van der Waals surface area contributed by atoms with Crippen LogP contribution in [-0.4, -0.2) is 6.04 Å². The highest BCUT2D eigenvalue weighted by molar-refractivity contribution is 6.30. The van der Waals surface area contributed by atoms with Crippen LogP contribution in [0.5, 0.6) is 0 Å². The third-order valence-corrected chi connectivity index (χ3v) is 6.29. The fraction of sp³-hybridized carbons (Fsp3) is 0.647. The molecule has 4 rings (SSSR count). The molecule has 1 aromatic carbocycles. The lowest BCUT2D eigenvalue weighted by Crippen LogP contribution is -2.38. The summed E-state index contributed by atoms with van der Waals surface area (Å²) in [7, 11) is 0. The van der Waals surface area contributed by atoms with Crippen LogP contribution in [0.1, 0.15) is 37.7 Å². The summed E-state index contributed by atoms with van der Waals surface area (Å²) in [6, 6.07) is 5.78. The molecule has 0 amide bonds. The average Bonchev–Trinajstić information content (AvgIpc) is 3.11. The lowest BCUT2D eigenvalue weighted by Gasteiger charge is -2.32. The van der Waals surface area contributed by atoms with Gasteiger partial charge in [0.15, 0.2) is 0 Å². The maximum Gasteiger partial charge on any atom is 0.142 e. The monoisotopic (exact) mass is 293 g/mol. The van der Waals surface area contributed by atoms with Gasteiger partial charge in [-0.15, -0.1) is 0 Å². The van der Waals surface area contributed by atoms with E-state index in [2.05, 4.69) is 5.32 Å². The maximum absolute atomic E-state index is 13.4. The van der Waals surface area contributed by atoms with Crippen molar-refractivity contribution in [2.75, 3.05) is 0 Å². The molecule has 0 spiro atoms. The van der Waals surface area contributed by atoms with Gasteiger partial charge in [-0.25, -0.2) is 4.39 Å². The Bertz CT molecular complexity index is 518. The molecular weight excluding hydrogens is 273 g/mol. The Morgan fingerprint density at radius 2 is 2.00 bits per heavy atom. The molecule has 0 radical (unpaired) electrons. The van der Waals surface area contributed by atoms with E-state index >= 15 is 0 Å². The molecule has 3 aliphatic carbocycles. The van der Waals surface area contributed by atoms with Gasteiger partial charge in [-0.05, 0) is 67.1 Å². The van der Waals surface area contributed by atoms with Gasteiger partial charge in [0.25, 0.3) is 0 Å². The second-order valence-corrected chi connectivity index (χ2v) is 7.30. The minimum Gasteiger partial charge on any atom is -0.310 e. The standard InChI is InChI=1S/C17H21ClFN/c18-15-5-4-10(6-16(15)19)9-20-17-8-11-7-14(17)13-3-1-2-12(11)13/h4-6,11-14,17,20H,1-3,7-9H2. The van der Waals surface area contributed by atoms with Crippen LogP contribution in [-0.2, 0) is 6.54 Å². The minimum atomic E-state index is -0.310. The molecule has 5 atom stereocenters. The zero-order valence-corrected chi connectivity index (χ0v) is 12.4. The van der Waals surface area contributed by atoms with Crippen LogP contribution < -0.4 is 5.32 Å². The number of hydrogen-bond donors (Lipinski definition) is 1. The molecule has 3 heteroatoms. The lowest BCUT2D eigenvalue weighted by atomic mass is 9.79. The van der Waals surface area contributed by atoms with E-state index in [0.717, 1.165) is 35.8 Å². The fourth-order valence-electron chi connectivity index (χ4n) is 5.20. The van der Waals surface area contributed by atoms with Gasteiger partial charge in [0.05, 0.1) is 5.02 Å². The van der Waals surface area contributed by atoms with Gasteiger partial charge in [-0.2, -0.15) is 0 Å². The van der Waals surface area contributed by atoms with Crippen LogP contribution in [0.15, 0.2) is 18.2 Å². The van der Waals surface area contributed by atoms with Crippen molar-refractivity contribution in [2.24, 2.45) is 23.7 Å². The first-order chi connectivity index (χ1) is 9.72. The van der Waals surface area contributed by atoms with Crippen molar-refractivity contribution in [1.29, 1.82) is 0 Å². The molecule has 5 unspecified atom stereocenters. The van der Waals surface area contributed by atoms with Crippen molar-refractivity contribution in [3.8, 4) is 0 Å². The van der Waals surface area contributed by atoms with Gasteiger partial charge >= 0.3 is 0 Å². The summed E-state index contributed by atoms with van der Waals surface area (Å²) < 4.78 is 13.4. The Morgan fingerprint density at radius 3 is 2.85 bits per heavy atom. The third-order valence-electron chi connectivity index (χ3n) is 5.98. The van der Waals surface area contributed by atoms with Gasteiger partial charge in [-0.3, -0.25) is 0 Å². The predicted molar refractivity (Wildman–Crippen MR) is 79.1 cm³/mol. The van der Waals surface area contributed by atoms with Crippen LogP contribution in [0, 0.1) is 29.5 Å². The molecule has 0 heterocycles. The second kappa shape index (κ2) is 4.99. The molecule has 1 N–H and O–H groups in total. The highest BCUT2D eigenvalue weighted by atomic mass is 35.5. The first kappa shape index (κ1) is 13.1. The number of fused-ring (bicyclic) bond motifs is 5. The lowest BCUT2D eigenvalue weighted by molar-refractivity contribution is 0.208.